The summed E-state index contributed by atoms with van der Waals surface area (Å²) < 4.78 is 5.95. The van der Waals surface area contributed by atoms with Gasteiger partial charge in [0.25, 0.3) is 0 Å². The minimum atomic E-state index is 0.369. The largest absolute Gasteiger partial charge is 0.374 e. The van der Waals surface area contributed by atoms with Crippen molar-refractivity contribution in [1.29, 1.82) is 0 Å². The maximum absolute atomic E-state index is 5.95. The van der Waals surface area contributed by atoms with Gasteiger partial charge in [-0.2, -0.15) is 0 Å². The van der Waals surface area contributed by atoms with Gasteiger partial charge in [0, 0.05) is 30.1 Å². The van der Waals surface area contributed by atoms with Gasteiger partial charge in [-0.15, -0.1) is 0 Å². The van der Waals surface area contributed by atoms with E-state index in [0.29, 0.717) is 24.0 Å². The summed E-state index contributed by atoms with van der Waals surface area (Å²) in [7, 11) is 0. The molecule has 3 atom stereocenters. The van der Waals surface area contributed by atoms with E-state index in [2.05, 4.69) is 18.3 Å². The van der Waals surface area contributed by atoms with Crippen LogP contribution in [0.2, 0.25) is 0 Å². The lowest BCUT2D eigenvalue weighted by atomic mass is 9.88. The zero-order valence-corrected chi connectivity index (χ0v) is 11.4. The van der Waals surface area contributed by atoms with Crippen molar-refractivity contribution < 1.29 is 4.74 Å². The fourth-order valence-corrected chi connectivity index (χ4v) is 3.42. The highest BCUT2D eigenvalue weighted by molar-refractivity contribution is 5.38. The molecule has 4 rings (SSSR count). The molecule has 2 aliphatic heterocycles. The summed E-state index contributed by atoms with van der Waals surface area (Å²) in [6, 6.07) is 2.14. The number of nitrogens with one attached hydrogen (secondary N) is 1. The number of anilines is 1. The van der Waals surface area contributed by atoms with E-state index in [1.54, 1.807) is 0 Å². The Bertz CT molecular complexity index is 486. The zero-order valence-electron chi connectivity index (χ0n) is 11.4. The minimum Gasteiger partial charge on any atom is -0.374 e. The molecule has 3 heterocycles. The number of fused-ring (bicyclic) bond motifs is 2. The second-order valence-corrected chi connectivity index (χ2v) is 6.06. The van der Waals surface area contributed by atoms with Gasteiger partial charge in [0.1, 0.15) is 11.6 Å². The zero-order chi connectivity index (χ0) is 12.8. The van der Waals surface area contributed by atoms with Gasteiger partial charge < -0.3 is 10.1 Å². The van der Waals surface area contributed by atoms with Crippen LogP contribution in [-0.4, -0.2) is 28.7 Å². The molecule has 0 spiro atoms. The molecule has 4 nitrogen and oxygen atoms in total. The average Bonchev–Trinajstić information content (AvgIpc) is 3.07. The third-order valence-electron chi connectivity index (χ3n) is 4.55. The molecule has 2 bridgehead atoms. The molecule has 3 fully saturated rings. The van der Waals surface area contributed by atoms with E-state index in [9.17, 15) is 0 Å². The van der Waals surface area contributed by atoms with Crippen LogP contribution >= 0.6 is 0 Å². The number of aromatic nitrogens is 2. The number of hydrogen-bond acceptors (Lipinski definition) is 4. The van der Waals surface area contributed by atoms with Crippen LogP contribution in [0.1, 0.15) is 62.4 Å². The van der Waals surface area contributed by atoms with Gasteiger partial charge in [-0.05, 0) is 39.0 Å². The van der Waals surface area contributed by atoms with Gasteiger partial charge in [-0.1, -0.05) is 0 Å². The smallest absolute Gasteiger partial charge is 0.136 e. The normalized spacial score (nSPS) is 32.8. The lowest BCUT2D eigenvalue weighted by Crippen LogP contribution is -2.18. The highest BCUT2D eigenvalue weighted by Crippen LogP contribution is 2.45. The van der Waals surface area contributed by atoms with Crippen LogP contribution in [0.4, 0.5) is 5.82 Å². The quantitative estimate of drug-likeness (QED) is 0.903. The van der Waals surface area contributed by atoms with Crippen molar-refractivity contribution in [3.63, 3.8) is 0 Å². The molecule has 1 aromatic heterocycles. The summed E-state index contributed by atoms with van der Waals surface area (Å²) in [5, 5.41) is 3.35. The van der Waals surface area contributed by atoms with Crippen LogP contribution in [0.15, 0.2) is 6.07 Å². The molecule has 0 amide bonds. The summed E-state index contributed by atoms with van der Waals surface area (Å²) in [6.07, 6.45) is 6.93. The van der Waals surface area contributed by atoms with Crippen molar-refractivity contribution in [2.75, 3.05) is 11.9 Å². The van der Waals surface area contributed by atoms with E-state index in [1.165, 1.54) is 31.4 Å². The predicted octanol–water partition coefficient (Wildman–Crippen LogP) is 2.82. The second-order valence-electron chi connectivity index (χ2n) is 6.06. The number of hydrogen-bond donors (Lipinski definition) is 1. The molecule has 2 saturated heterocycles. The molecule has 1 N–H and O–H groups in total. The van der Waals surface area contributed by atoms with Crippen LogP contribution in [0, 0.1) is 0 Å². The number of ether oxygens (including phenoxy) is 1. The van der Waals surface area contributed by atoms with Crippen molar-refractivity contribution in [3.05, 3.63) is 17.6 Å². The van der Waals surface area contributed by atoms with E-state index in [1.807, 2.05) is 0 Å². The fourth-order valence-electron chi connectivity index (χ4n) is 3.42. The highest BCUT2D eigenvalue weighted by atomic mass is 16.5. The summed E-state index contributed by atoms with van der Waals surface area (Å²) in [4.78, 5) is 9.58. The standard InChI is InChI=1S/C15H21N3O/c1-2-16-14-8-12(9-3-4-9)17-15(18-14)11-7-10-5-6-13(11)19-10/h8-11,13H,2-7H2,1H3,(H,16,17,18). The van der Waals surface area contributed by atoms with Crippen LogP contribution in [0.5, 0.6) is 0 Å². The molecule has 0 radical (unpaired) electrons. The first-order chi connectivity index (χ1) is 9.33. The molecular weight excluding hydrogens is 238 g/mol. The van der Waals surface area contributed by atoms with E-state index in [4.69, 9.17) is 14.7 Å². The third kappa shape index (κ3) is 2.12. The topological polar surface area (TPSA) is 47.0 Å². The first kappa shape index (κ1) is 11.6. The molecule has 1 aliphatic carbocycles. The molecule has 3 aliphatic rings. The summed E-state index contributed by atoms with van der Waals surface area (Å²) >= 11 is 0. The molecule has 19 heavy (non-hydrogen) atoms. The van der Waals surface area contributed by atoms with Crippen molar-refractivity contribution in [1.82, 2.24) is 9.97 Å². The second kappa shape index (κ2) is 4.44. The highest BCUT2D eigenvalue weighted by Gasteiger charge is 2.43. The van der Waals surface area contributed by atoms with Gasteiger partial charge in [-0.3, -0.25) is 0 Å². The Morgan fingerprint density at radius 3 is 2.79 bits per heavy atom. The fraction of sp³-hybridized carbons (Fsp3) is 0.733. The van der Waals surface area contributed by atoms with Crippen LogP contribution < -0.4 is 5.32 Å². The summed E-state index contributed by atoms with van der Waals surface area (Å²) in [6.45, 7) is 3.02. The van der Waals surface area contributed by atoms with E-state index < -0.39 is 0 Å². The SMILES string of the molecule is CCNc1cc(C2CC2)nc(C2CC3CCC2O3)n1. The molecule has 102 valence electrons. The van der Waals surface area contributed by atoms with Gasteiger partial charge in [0.05, 0.1) is 12.2 Å². The Hall–Kier alpha value is -1.16. The Balaban J connectivity index is 1.66. The Labute approximate surface area is 114 Å². The van der Waals surface area contributed by atoms with Crippen molar-refractivity contribution in [2.24, 2.45) is 0 Å². The summed E-state index contributed by atoms with van der Waals surface area (Å²) in [5.41, 5.74) is 1.24. The van der Waals surface area contributed by atoms with E-state index in [0.717, 1.165) is 24.6 Å². The molecule has 3 unspecified atom stereocenters. The number of rotatable bonds is 4. The summed E-state index contributed by atoms with van der Waals surface area (Å²) in [5.74, 6) is 3.12. The van der Waals surface area contributed by atoms with E-state index in [-0.39, 0.29) is 0 Å². The monoisotopic (exact) mass is 259 g/mol. The predicted molar refractivity (Wildman–Crippen MR) is 73.4 cm³/mol. The molecular formula is C15H21N3O. The van der Waals surface area contributed by atoms with Gasteiger partial charge in [-0.25, -0.2) is 9.97 Å². The van der Waals surface area contributed by atoms with Crippen molar-refractivity contribution in [2.45, 2.75) is 63.1 Å². The van der Waals surface area contributed by atoms with Crippen molar-refractivity contribution in [3.8, 4) is 0 Å². The first-order valence-corrected chi connectivity index (χ1v) is 7.61. The molecule has 1 aromatic rings. The van der Waals surface area contributed by atoms with Crippen molar-refractivity contribution >= 4 is 5.82 Å². The first-order valence-electron chi connectivity index (χ1n) is 7.61. The van der Waals surface area contributed by atoms with Crippen LogP contribution in [0.3, 0.4) is 0 Å². The average molecular weight is 259 g/mol. The maximum atomic E-state index is 5.95. The maximum Gasteiger partial charge on any atom is 0.136 e. The van der Waals surface area contributed by atoms with Crippen LogP contribution in [-0.2, 0) is 4.74 Å². The third-order valence-corrected chi connectivity index (χ3v) is 4.55. The van der Waals surface area contributed by atoms with Gasteiger partial charge in [0.2, 0.25) is 0 Å². The van der Waals surface area contributed by atoms with Crippen LogP contribution in [0.25, 0.3) is 0 Å². The van der Waals surface area contributed by atoms with E-state index >= 15 is 0 Å². The number of nitrogens with zero attached hydrogens (tertiary/aromatic N) is 2. The minimum absolute atomic E-state index is 0.369. The Morgan fingerprint density at radius 1 is 1.26 bits per heavy atom. The van der Waals surface area contributed by atoms with Gasteiger partial charge >= 0.3 is 0 Å². The Kier molecular flexibility index (Phi) is 2.72. The lowest BCUT2D eigenvalue weighted by Gasteiger charge is -2.18. The molecule has 0 aromatic carbocycles. The molecule has 1 saturated carbocycles. The lowest BCUT2D eigenvalue weighted by molar-refractivity contribution is 0.0998. The van der Waals surface area contributed by atoms with Gasteiger partial charge in [0.15, 0.2) is 0 Å². The Morgan fingerprint density at radius 2 is 2.16 bits per heavy atom. The molecule has 4 heteroatoms.